The Hall–Kier alpha value is -2.98. The van der Waals surface area contributed by atoms with E-state index in [9.17, 15) is 18.0 Å². The number of hydrogen-bond acceptors (Lipinski definition) is 6. The summed E-state index contributed by atoms with van der Waals surface area (Å²) in [5, 5.41) is 20.9. The summed E-state index contributed by atoms with van der Waals surface area (Å²) in [6.45, 7) is 1.15. The molecule has 1 unspecified atom stereocenters. The number of nitrogens with one attached hydrogen (secondary N) is 2. The van der Waals surface area contributed by atoms with Gasteiger partial charge in [-0.2, -0.15) is 18.3 Å². The molecule has 3 aromatic rings. The number of halogens is 3. The molecule has 3 aromatic heterocycles. The minimum atomic E-state index is -4.34. The van der Waals surface area contributed by atoms with Gasteiger partial charge in [0, 0.05) is 37.1 Å². The van der Waals surface area contributed by atoms with Crippen molar-refractivity contribution in [2.24, 2.45) is 0 Å². The fourth-order valence-corrected chi connectivity index (χ4v) is 3.51. The van der Waals surface area contributed by atoms with E-state index in [0.717, 1.165) is 17.2 Å². The van der Waals surface area contributed by atoms with Crippen LogP contribution in [-0.4, -0.2) is 56.6 Å². The zero-order valence-corrected chi connectivity index (χ0v) is 14.8. The lowest BCUT2D eigenvalue weighted by molar-refractivity contribution is -0.144. The van der Waals surface area contributed by atoms with Gasteiger partial charge in [0.1, 0.15) is 5.52 Å². The minimum absolute atomic E-state index is 0.247. The van der Waals surface area contributed by atoms with Gasteiger partial charge in [0.05, 0.1) is 18.0 Å². The van der Waals surface area contributed by atoms with E-state index in [4.69, 9.17) is 0 Å². The Bertz CT molecular complexity index is 1000. The van der Waals surface area contributed by atoms with Gasteiger partial charge in [-0.1, -0.05) is 0 Å². The highest BCUT2D eigenvalue weighted by atomic mass is 19.4. The molecule has 0 bridgehead atoms. The highest BCUT2D eigenvalue weighted by molar-refractivity contribution is 6.08. The van der Waals surface area contributed by atoms with Crippen LogP contribution in [0.1, 0.15) is 25.7 Å². The monoisotopic (exact) mass is 393 g/mol. The van der Waals surface area contributed by atoms with Crippen LogP contribution in [0.4, 0.5) is 19.0 Å². The van der Waals surface area contributed by atoms with Crippen LogP contribution in [0.5, 0.6) is 0 Å². The van der Waals surface area contributed by atoms with Crippen molar-refractivity contribution in [2.75, 3.05) is 18.0 Å². The van der Waals surface area contributed by atoms with E-state index in [1.54, 1.807) is 12.4 Å². The Morgan fingerprint density at radius 1 is 1.32 bits per heavy atom. The summed E-state index contributed by atoms with van der Waals surface area (Å²) in [5.41, 5.74) is 1.24. The average Bonchev–Trinajstić information content (AvgIpc) is 3.15. The first-order chi connectivity index (χ1) is 13.4. The number of amides is 1. The molecular weight excluding hydrogens is 375 g/mol. The van der Waals surface area contributed by atoms with Crippen LogP contribution in [0.3, 0.4) is 0 Å². The predicted molar refractivity (Wildman–Crippen MR) is 95.7 cm³/mol. The third-order valence-corrected chi connectivity index (χ3v) is 4.79. The molecule has 1 amide bonds. The molecule has 28 heavy (non-hydrogen) atoms. The molecule has 1 atom stereocenters. The summed E-state index contributed by atoms with van der Waals surface area (Å²) in [6.07, 6.45) is -1.23. The quantitative estimate of drug-likeness (QED) is 0.706. The highest BCUT2D eigenvalue weighted by Crippen LogP contribution is 2.30. The summed E-state index contributed by atoms with van der Waals surface area (Å²) in [4.78, 5) is 16.9. The molecule has 2 N–H and O–H groups in total. The Kier molecular flexibility index (Phi) is 4.73. The van der Waals surface area contributed by atoms with Crippen LogP contribution in [0.25, 0.3) is 21.9 Å². The summed E-state index contributed by atoms with van der Waals surface area (Å²) >= 11 is 0. The van der Waals surface area contributed by atoms with Gasteiger partial charge >= 0.3 is 6.18 Å². The number of aromatic amines is 1. The van der Waals surface area contributed by atoms with E-state index in [1.807, 2.05) is 11.0 Å². The summed E-state index contributed by atoms with van der Waals surface area (Å²) in [7, 11) is 0. The van der Waals surface area contributed by atoms with Crippen molar-refractivity contribution in [1.82, 2.24) is 30.7 Å². The first-order valence-corrected chi connectivity index (χ1v) is 8.97. The lowest BCUT2D eigenvalue weighted by atomic mass is 10.0. The van der Waals surface area contributed by atoms with E-state index in [-0.39, 0.29) is 6.04 Å². The number of fused-ring (bicyclic) bond motifs is 3. The van der Waals surface area contributed by atoms with Gasteiger partial charge in [0.15, 0.2) is 11.5 Å². The van der Waals surface area contributed by atoms with Gasteiger partial charge in [0.2, 0.25) is 5.91 Å². The van der Waals surface area contributed by atoms with Crippen LogP contribution in [0.2, 0.25) is 0 Å². The molecule has 0 spiro atoms. The molecule has 11 heteroatoms. The number of carbonyl (C=O) groups is 1. The first kappa shape index (κ1) is 18.4. The SMILES string of the molecule is O=C(CCC(F)(F)F)NC1CCCN(c2nncc3nnc4[nH]ccc4c23)C1. The fourth-order valence-electron chi connectivity index (χ4n) is 3.51. The molecule has 0 saturated carbocycles. The van der Waals surface area contributed by atoms with Gasteiger partial charge in [-0.25, -0.2) is 0 Å². The number of anilines is 1. The fraction of sp³-hybridized carbons (Fsp3) is 0.471. The zero-order valence-electron chi connectivity index (χ0n) is 14.8. The van der Waals surface area contributed by atoms with E-state index < -0.39 is 24.9 Å². The lowest BCUT2D eigenvalue weighted by Crippen LogP contribution is -2.48. The van der Waals surface area contributed by atoms with Crippen LogP contribution < -0.4 is 10.2 Å². The van der Waals surface area contributed by atoms with Gasteiger partial charge < -0.3 is 15.2 Å². The number of nitrogens with zero attached hydrogens (tertiary/aromatic N) is 5. The lowest BCUT2D eigenvalue weighted by Gasteiger charge is -2.34. The minimum Gasteiger partial charge on any atom is -0.352 e. The third kappa shape index (κ3) is 3.82. The summed E-state index contributed by atoms with van der Waals surface area (Å²) in [5.74, 6) is 0.0401. The van der Waals surface area contributed by atoms with Gasteiger partial charge in [0.25, 0.3) is 0 Å². The normalized spacial score (nSPS) is 18.0. The summed E-state index contributed by atoms with van der Waals surface area (Å²) < 4.78 is 36.9. The van der Waals surface area contributed by atoms with E-state index >= 15 is 0 Å². The highest BCUT2D eigenvalue weighted by Gasteiger charge is 2.29. The molecule has 0 aliphatic carbocycles. The van der Waals surface area contributed by atoms with Crippen LogP contribution >= 0.6 is 0 Å². The second-order valence-corrected chi connectivity index (χ2v) is 6.84. The van der Waals surface area contributed by atoms with Crippen molar-refractivity contribution in [2.45, 2.75) is 37.9 Å². The van der Waals surface area contributed by atoms with E-state index in [0.29, 0.717) is 36.5 Å². The standard InChI is InChI=1S/C17H18F3N7O/c18-17(19,20)5-3-13(28)23-10-2-1-7-27(9-10)16-14-11-4-6-21-15(11)25-24-12(14)8-22-26-16/h4,6,8,10H,1-3,5,7,9H2,(H,21,25)(H,23,28). The number of rotatable bonds is 4. The number of carbonyl (C=O) groups excluding carboxylic acids is 1. The number of piperidine rings is 1. The maximum absolute atomic E-state index is 12.3. The van der Waals surface area contributed by atoms with Gasteiger partial charge in [-0.05, 0) is 18.9 Å². The van der Waals surface area contributed by atoms with Crippen molar-refractivity contribution >= 4 is 33.7 Å². The number of alkyl halides is 3. The molecule has 148 valence electrons. The summed E-state index contributed by atoms with van der Waals surface area (Å²) in [6, 6.07) is 1.64. The predicted octanol–water partition coefficient (Wildman–Crippen LogP) is 2.33. The van der Waals surface area contributed by atoms with E-state index in [2.05, 4.69) is 30.7 Å². The van der Waals surface area contributed by atoms with Crippen molar-refractivity contribution in [1.29, 1.82) is 0 Å². The molecule has 4 heterocycles. The smallest absolute Gasteiger partial charge is 0.352 e. The van der Waals surface area contributed by atoms with Crippen molar-refractivity contribution in [3.63, 3.8) is 0 Å². The molecule has 1 aliphatic rings. The molecule has 1 aliphatic heterocycles. The molecule has 4 rings (SSSR count). The maximum Gasteiger partial charge on any atom is 0.389 e. The Labute approximate surface area is 157 Å². The number of hydrogen-bond donors (Lipinski definition) is 2. The molecule has 8 nitrogen and oxygen atoms in total. The van der Waals surface area contributed by atoms with Crippen LogP contribution in [0, 0.1) is 0 Å². The Morgan fingerprint density at radius 3 is 3.00 bits per heavy atom. The largest absolute Gasteiger partial charge is 0.389 e. The molecule has 0 aromatic carbocycles. The first-order valence-electron chi connectivity index (χ1n) is 8.97. The molecule has 1 fully saturated rings. The van der Waals surface area contributed by atoms with E-state index in [1.165, 1.54) is 0 Å². The van der Waals surface area contributed by atoms with Gasteiger partial charge in [-0.3, -0.25) is 4.79 Å². The van der Waals surface area contributed by atoms with Gasteiger partial charge in [-0.15, -0.1) is 15.3 Å². The topological polar surface area (TPSA) is 99.7 Å². The molecular formula is C17H18F3N7O. The maximum atomic E-state index is 12.3. The Morgan fingerprint density at radius 2 is 2.18 bits per heavy atom. The second-order valence-electron chi connectivity index (χ2n) is 6.84. The zero-order chi connectivity index (χ0) is 19.7. The number of aromatic nitrogens is 5. The average molecular weight is 393 g/mol. The van der Waals surface area contributed by atoms with Crippen molar-refractivity contribution < 1.29 is 18.0 Å². The van der Waals surface area contributed by atoms with Crippen molar-refractivity contribution in [3.05, 3.63) is 18.5 Å². The van der Waals surface area contributed by atoms with Crippen molar-refractivity contribution in [3.8, 4) is 0 Å². The van der Waals surface area contributed by atoms with Crippen LogP contribution in [0.15, 0.2) is 18.5 Å². The molecule has 1 saturated heterocycles. The Balaban J connectivity index is 1.54. The van der Waals surface area contributed by atoms with Crippen LogP contribution in [-0.2, 0) is 4.79 Å². The number of H-pyrrole nitrogens is 1. The molecule has 0 radical (unpaired) electrons. The third-order valence-electron chi connectivity index (χ3n) is 4.79. The second kappa shape index (κ2) is 7.21.